The summed E-state index contributed by atoms with van der Waals surface area (Å²) >= 11 is 5.46. The van der Waals surface area contributed by atoms with Crippen LogP contribution >= 0.6 is 27.3 Å². The number of halogens is 1. The van der Waals surface area contributed by atoms with E-state index >= 15 is 0 Å². The van der Waals surface area contributed by atoms with Crippen LogP contribution in [-0.2, 0) is 6.42 Å². The van der Waals surface area contributed by atoms with E-state index in [0.29, 0.717) is 6.04 Å². The maximum absolute atomic E-state index is 4.34. The molecule has 0 aromatic carbocycles. The molecular weight excluding hydrogens is 308 g/mol. The largest absolute Gasteiger partial charge is 0.377 e. The number of aryl methyl sites for hydroxylation is 2. The lowest BCUT2D eigenvalue weighted by molar-refractivity contribution is 0.608. The molecular formula is C14H15BrN2S. The molecule has 0 radical (unpaired) electrons. The Morgan fingerprint density at radius 1 is 1.44 bits per heavy atom. The minimum atomic E-state index is 0.431. The molecule has 0 saturated carbocycles. The molecule has 1 aliphatic rings. The number of hydrogen-bond acceptors (Lipinski definition) is 3. The van der Waals surface area contributed by atoms with E-state index in [1.54, 1.807) is 0 Å². The van der Waals surface area contributed by atoms with Gasteiger partial charge >= 0.3 is 0 Å². The van der Waals surface area contributed by atoms with Crippen molar-refractivity contribution in [3.8, 4) is 0 Å². The van der Waals surface area contributed by atoms with Crippen molar-refractivity contribution in [1.82, 2.24) is 4.98 Å². The smallest absolute Gasteiger partial charge is 0.0705 e. The molecule has 3 rings (SSSR count). The Bertz CT molecular complexity index is 547. The Morgan fingerprint density at radius 3 is 3.11 bits per heavy atom. The SMILES string of the molecule is Cc1ccc(NC2CCCc3sc(Br)cc32)cn1. The van der Waals surface area contributed by atoms with Crippen LogP contribution < -0.4 is 5.32 Å². The summed E-state index contributed by atoms with van der Waals surface area (Å²) in [5.74, 6) is 0. The van der Waals surface area contributed by atoms with Gasteiger partial charge in [0, 0.05) is 10.6 Å². The van der Waals surface area contributed by atoms with Crippen molar-refractivity contribution < 1.29 is 0 Å². The molecule has 1 atom stereocenters. The van der Waals surface area contributed by atoms with E-state index in [0.717, 1.165) is 11.4 Å². The summed E-state index contributed by atoms with van der Waals surface area (Å²) in [5.41, 5.74) is 3.63. The van der Waals surface area contributed by atoms with E-state index < -0.39 is 0 Å². The maximum Gasteiger partial charge on any atom is 0.0705 e. The number of hydrogen-bond donors (Lipinski definition) is 1. The summed E-state index contributed by atoms with van der Waals surface area (Å²) < 4.78 is 1.24. The fourth-order valence-corrected chi connectivity index (χ4v) is 4.25. The van der Waals surface area contributed by atoms with Crippen LogP contribution in [0.4, 0.5) is 5.69 Å². The number of anilines is 1. The molecule has 4 heteroatoms. The van der Waals surface area contributed by atoms with Crippen LogP contribution in [0.1, 0.15) is 35.0 Å². The van der Waals surface area contributed by atoms with Crippen molar-refractivity contribution in [2.45, 2.75) is 32.2 Å². The second-order valence-corrected chi connectivity index (χ2v) is 7.22. The molecule has 1 N–H and O–H groups in total. The summed E-state index contributed by atoms with van der Waals surface area (Å²) in [6, 6.07) is 6.85. The molecule has 0 spiro atoms. The first-order valence-electron chi connectivity index (χ1n) is 6.19. The van der Waals surface area contributed by atoms with Gasteiger partial charge in [0.15, 0.2) is 0 Å². The maximum atomic E-state index is 4.34. The van der Waals surface area contributed by atoms with E-state index in [2.05, 4.69) is 44.4 Å². The molecule has 0 aliphatic heterocycles. The lowest BCUT2D eigenvalue weighted by atomic mass is 9.94. The zero-order valence-electron chi connectivity index (χ0n) is 10.2. The van der Waals surface area contributed by atoms with Gasteiger partial charge < -0.3 is 5.32 Å². The van der Waals surface area contributed by atoms with Crippen molar-refractivity contribution >= 4 is 33.0 Å². The van der Waals surface area contributed by atoms with Gasteiger partial charge in [-0.25, -0.2) is 0 Å². The van der Waals surface area contributed by atoms with E-state index in [-0.39, 0.29) is 0 Å². The predicted octanol–water partition coefficient (Wildman–Crippen LogP) is 4.70. The van der Waals surface area contributed by atoms with Crippen molar-refractivity contribution in [2.24, 2.45) is 0 Å². The fraction of sp³-hybridized carbons (Fsp3) is 0.357. The van der Waals surface area contributed by atoms with Crippen molar-refractivity contribution in [2.75, 3.05) is 5.32 Å². The molecule has 2 nitrogen and oxygen atoms in total. The number of nitrogens with zero attached hydrogens (tertiary/aromatic N) is 1. The Hall–Kier alpha value is -0.870. The second-order valence-electron chi connectivity index (χ2n) is 4.71. The van der Waals surface area contributed by atoms with Crippen LogP contribution in [0.25, 0.3) is 0 Å². The average Bonchev–Trinajstić information content (AvgIpc) is 2.73. The zero-order chi connectivity index (χ0) is 12.5. The first-order chi connectivity index (χ1) is 8.72. The van der Waals surface area contributed by atoms with Gasteiger partial charge in [-0.3, -0.25) is 4.98 Å². The van der Waals surface area contributed by atoms with Crippen molar-refractivity contribution in [3.63, 3.8) is 0 Å². The molecule has 0 fully saturated rings. The van der Waals surface area contributed by atoms with Gasteiger partial charge in [0.2, 0.25) is 0 Å². The highest BCUT2D eigenvalue weighted by Crippen LogP contribution is 2.39. The highest BCUT2D eigenvalue weighted by atomic mass is 79.9. The molecule has 18 heavy (non-hydrogen) atoms. The Labute approximate surface area is 120 Å². The highest BCUT2D eigenvalue weighted by molar-refractivity contribution is 9.11. The Balaban J connectivity index is 1.83. The van der Waals surface area contributed by atoms with Gasteiger partial charge in [-0.15, -0.1) is 11.3 Å². The third kappa shape index (κ3) is 2.45. The summed E-state index contributed by atoms with van der Waals surface area (Å²) in [5, 5.41) is 3.60. The Kier molecular flexibility index (Phi) is 3.39. The topological polar surface area (TPSA) is 24.9 Å². The zero-order valence-corrected chi connectivity index (χ0v) is 12.6. The van der Waals surface area contributed by atoms with E-state index in [9.17, 15) is 0 Å². The van der Waals surface area contributed by atoms with Gasteiger partial charge in [0.05, 0.1) is 21.7 Å². The number of rotatable bonds is 2. The number of pyridine rings is 1. The van der Waals surface area contributed by atoms with Gasteiger partial charge in [0.1, 0.15) is 0 Å². The van der Waals surface area contributed by atoms with E-state index in [4.69, 9.17) is 0 Å². The van der Waals surface area contributed by atoms with Gasteiger partial charge in [-0.05, 0) is 65.9 Å². The molecule has 1 aliphatic carbocycles. The highest BCUT2D eigenvalue weighted by Gasteiger charge is 2.22. The predicted molar refractivity (Wildman–Crippen MR) is 80.3 cm³/mol. The summed E-state index contributed by atoms with van der Waals surface area (Å²) in [7, 11) is 0. The normalized spacial score (nSPS) is 18.4. The lowest BCUT2D eigenvalue weighted by Crippen LogP contribution is -2.15. The van der Waals surface area contributed by atoms with Crippen molar-refractivity contribution in [1.29, 1.82) is 0 Å². The lowest BCUT2D eigenvalue weighted by Gasteiger charge is -2.24. The van der Waals surface area contributed by atoms with Crippen LogP contribution in [0.5, 0.6) is 0 Å². The third-order valence-corrected chi connectivity index (χ3v) is 5.05. The molecule has 0 saturated heterocycles. The molecule has 2 aromatic heterocycles. The number of fused-ring (bicyclic) bond motifs is 1. The molecule has 2 heterocycles. The van der Waals surface area contributed by atoms with Crippen molar-refractivity contribution in [3.05, 3.63) is 44.3 Å². The fourth-order valence-electron chi connectivity index (χ4n) is 2.43. The minimum absolute atomic E-state index is 0.431. The van der Waals surface area contributed by atoms with Gasteiger partial charge in [-0.2, -0.15) is 0 Å². The summed E-state index contributed by atoms with van der Waals surface area (Å²) in [4.78, 5) is 5.86. The van der Waals surface area contributed by atoms with Gasteiger partial charge in [-0.1, -0.05) is 0 Å². The van der Waals surface area contributed by atoms with E-state index in [1.807, 2.05) is 24.5 Å². The second kappa shape index (κ2) is 5.02. The molecule has 0 bridgehead atoms. The summed E-state index contributed by atoms with van der Waals surface area (Å²) in [6.07, 6.45) is 5.60. The first-order valence-corrected chi connectivity index (χ1v) is 7.80. The van der Waals surface area contributed by atoms with Crippen LogP contribution in [0.15, 0.2) is 28.2 Å². The molecule has 2 aromatic rings. The number of nitrogens with one attached hydrogen (secondary N) is 1. The molecule has 1 unspecified atom stereocenters. The first kappa shape index (κ1) is 12.2. The molecule has 0 amide bonds. The van der Waals surface area contributed by atoms with E-state index in [1.165, 1.54) is 33.5 Å². The number of aromatic nitrogens is 1. The van der Waals surface area contributed by atoms with Gasteiger partial charge in [0.25, 0.3) is 0 Å². The quantitative estimate of drug-likeness (QED) is 0.866. The summed E-state index contributed by atoms with van der Waals surface area (Å²) in [6.45, 7) is 2.01. The third-order valence-electron chi connectivity index (χ3n) is 3.34. The number of thiophene rings is 1. The molecule has 94 valence electrons. The Morgan fingerprint density at radius 2 is 2.33 bits per heavy atom. The van der Waals surface area contributed by atoms with Crippen LogP contribution in [0.3, 0.4) is 0 Å². The van der Waals surface area contributed by atoms with Crippen LogP contribution in [0, 0.1) is 6.92 Å². The minimum Gasteiger partial charge on any atom is -0.377 e. The van der Waals surface area contributed by atoms with Crippen LogP contribution in [-0.4, -0.2) is 4.98 Å². The standard InChI is InChI=1S/C14H15BrN2S/c1-9-5-6-10(8-16-9)17-12-3-2-4-13-11(12)7-14(15)18-13/h5-8,12,17H,2-4H2,1H3. The van der Waals surface area contributed by atoms with Crippen LogP contribution in [0.2, 0.25) is 0 Å². The average molecular weight is 323 g/mol. The monoisotopic (exact) mass is 322 g/mol.